The zero-order valence-electron chi connectivity index (χ0n) is 20.4. The van der Waals surface area contributed by atoms with Crippen LogP contribution in [0, 0.1) is 0 Å². The number of carbonyl (C=O) groups excluding carboxylic acids is 2. The predicted molar refractivity (Wildman–Crippen MR) is 126 cm³/mol. The topological polar surface area (TPSA) is 195 Å². The molecule has 0 aliphatic carbocycles. The summed E-state index contributed by atoms with van der Waals surface area (Å²) in [7, 11) is 0. The van der Waals surface area contributed by atoms with Gasteiger partial charge in [-0.25, -0.2) is 19.7 Å². The Kier molecular flexibility index (Phi) is 7.59. The number of aromatic amines is 1. The van der Waals surface area contributed by atoms with Crippen molar-refractivity contribution in [2.24, 2.45) is 0 Å². The standard InChI is InChI=1S/C22H33N7O7/c1-22(2,3)36-21(34)29-6-4-5-11(29)7-13(31)27-14-12(8-30)35-20(17(33)16(14)32)28-19-15-18(24-9-23-15)25-10-26-19/h9-12,14,16-17,20,30,32-33H,4-8H2,1-3H3,(H,27,31)(H2,23,24,25,26,28)/t11-,12-,14-,16+,17-,20-/m0/s1. The molecule has 2 saturated heterocycles. The SMILES string of the molecule is CC(C)(C)OC(=O)N1CCC[C@H]1CC(=O)N[C@@H]1[C@@H](O)[C@H](O)[C@@H](Nc2ncnc3nc[nH]c23)O[C@H]1CO. The summed E-state index contributed by atoms with van der Waals surface area (Å²) in [6.45, 7) is 5.29. The first-order chi connectivity index (χ1) is 17.1. The number of ether oxygens (including phenoxy) is 2. The van der Waals surface area contributed by atoms with Gasteiger partial charge in [0.05, 0.1) is 19.0 Å². The number of nitrogens with zero attached hydrogens (tertiary/aromatic N) is 4. The van der Waals surface area contributed by atoms with Crippen molar-refractivity contribution in [1.82, 2.24) is 30.2 Å². The van der Waals surface area contributed by atoms with Gasteiger partial charge in [-0.3, -0.25) is 4.79 Å². The first-order valence-electron chi connectivity index (χ1n) is 11.9. The van der Waals surface area contributed by atoms with E-state index < -0.39 is 54.8 Å². The zero-order valence-corrected chi connectivity index (χ0v) is 20.4. The number of carbonyl (C=O) groups is 2. The number of rotatable bonds is 6. The van der Waals surface area contributed by atoms with E-state index >= 15 is 0 Å². The van der Waals surface area contributed by atoms with Crippen LogP contribution in [0.25, 0.3) is 11.2 Å². The molecule has 4 heterocycles. The highest BCUT2D eigenvalue weighted by Gasteiger charge is 2.45. The fourth-order valence-corrected chi connectivity index (χ4v) is 4.50. The number of likely N-dealkylation sites (tertiary alicyclic amines) is 1. The molecule has 0 aromatic carbocycles. The van der Waals surface area contributed by atoms with Crippen molar-refractivity contribution < 1.29 is 34.4 Å². The molecule has 2 amide bonds. The Morgan fingerprint density at radius 3 is 2.75 bits per heavy atom. The second-order valence-corrected chi connectivity index (χ2v) is 9.99. The van der Waals surface area contributed by atoms with E-state index in [-0.39, 0.29) is 18.3 Å². The molecule has 198 valence electrons. The smallest absolute Gasteiger partial charge is 0.410 e. The minimum absolute atomic E-state index is 0.0167. The molecule has 14 nitrogen and oxygen atoms in total. The molecule has 0 saturated carbocycles. The molecular weight excluding hydrogens is 474 g/mol. The maximum absolute atomic E-state index is 12.9. The zero-order chi connectivity index (χ0) is 26.0. The minimum Gasteiger partial charge on any atom is -0.444 e. The third-order valence-electron chi connectivity index (χ3n) is 6.19. The van der Waals surface area contributed by atoms with Crippen LogP contribution in [0.3, 0.4) is 0 Å². The fraction of sp³-hybridized carbons (Fsp3) is 0.682. The number of hydrogen-bond acceptors (Lipinski definition) is 11. The van der Waals surface area contributed by atoms with E-state index in [0.717, 1.165) is 6.42 Å². The number of imidazole rings is 1. The summed E-state index contributed by atoms with van der Waals surface area (Å²) < 4.78 is 11.2. The van der Waals surface area contributed by atoms with E-state index in [0.29, 0.717) is 24.1 Å². The highest BCUT2D eigenvalue weighted by molar-refractivity contribution is 5.82. The molecule has 2 aromatic rings. The van der Waals surface area contributed by atoms with Crippen LogP contribution in [0.4, 0.5) is 10.6 Å². The molecule has 2 fully saturated rings. The molecule has 4 rings (SSSR count). The summed E-state index contributed by atoms with van der Waals surface area (Å²) in [5.74, 6) is -0.161. The van der Waals surface area contributed by atoms with Crippen LogP contribution < -0.4 is 10.6 Å². The fourth-order valence-electron chi connectivity index (χ4n) is 4.50. The Morgan fingerprint density at radius 1 is 1.25 bits per heavy atom. The van der Waals surface area contributed by atoms with Crippen molar-refractivity contribution >= 4 is 29.0 Å². The quantitative estimate of drug-likeness (QED) is 0.294. The molecular formula is C22H33N7O7. The van der Waals surface area contributed by atoms with Crippen LogP contribution in [0.15, 0.2) is 12.7 Å². The second-order valence-electron chi connectivity index (χ2n) is 9.99. The monoisotopic (exact) mass is 507 g/mol. The van der Waals surface area contributed by atoms with Crippen LogP contribution in [0.5, 0.6) is 0 Å². The highest BCUT2D eigenvalue weighted by Crippen LogP contribution is 2.26. The third kappa shape index (κ3) is 5.67. The van der Waals surface area contributed by atoms with Gasteiger partial charge in [0.15, 0.2) is 17.7 Å². The van der Waals surface area contributed by atoms with Crippen molar-refractivity contribution in [3.05, 3.63) is 12.7 Å². The molecule has 2 aliphatic heterocycles. The Bertz CT molecular complexity index is 1070. The van der Waals surface area contributed by atoms with Gasteiger partial charge in [-0.15, -0.1) is 0 Å². The summed E-state index contributed by atoms with van der Waals surface area (Å²) in [5.41, 5.74) is 0.222. The third-order valence-corrected chi connectivity index (χ3v) is 6.19. The number of hydrogen-bond donors (Lipinski definition) is 6. The van der Waals surface area contributed by atoms with E-state index in [1.807, 2.05) is 0 Å². The lowest BCUT2D eigenvalue weighted by Gasteiger charge is -2.43. The van der Waals surface area contributed by atoms with Crippen molar-refractivity contribution in [3.8, 4) is 0 Å². The van der Waals surface area contributed by atoms with Crippen molar-refractivity contribution in [1.29, 1.82) is 0 Å². The van der Waals surface area contributed by atoms with Gasteiger partial charge >= 0.3 is 6.09 Å². The number of aliphatic hydroxyl groups excluding tert-OH is 3. The van der Waals surface area contributed by atoms with Crippen LogP contribution in [-0.4, -0.2) is 108 Å². The maximum Gasteiger partial charge on any atom is 0.410 e. The Hall–Kier alpha value is -3.07. The molecule has 14 heteroatoms. The number of H-pyrrole nitrogens is 1. The first-order valence-corrected chi connectivity index (χ1v) is 11.9. The van der Waals surface area contributed by atoms with E-state index in [1.54, 1.807) is 20.8 Å². The number of fused-ring (bicyclic) bond motifs is 1. The molecule has 6 N–H and O–H groups in total. The van der Waals surface area contributed by atoms with E-state index in [4.69, 9.17) is 9.47 Å². The molecule has 2 aromatic heterocycles. The van der Waals surface area contributed by atoms with Gasteiger partial charge in [-0.1, -0.05) is 0 Å². The summed E-state index contributed by atoms with van der Waals surface area (Å²) >= 11 is 0. The van der Waals surface area contributed by atoms with Crippen molar-refractivity contribution in [2.75, 3.05) is 18.5 Å². The van der Waals surface area contributed by atoms with Crippen LogP contribution in [-0.2, 0) is 14.3 Å². The average Bonchev–Trinajstić information content (AvgIpc) is 3.47. The molecule has 0 bridgehead atoms. The van der Waals surface area contributed by atoms with Crippen LogP contribution in [0.2, 0.25) is 0 Å². The summed E-state index contributed by atoms with van der Waals surface area (Å²) in [5, 5.41) is 37.0. The average molecular weight is 508 g/mol. The largest absolute Gasteiger partial charge is 0.444 e. The molecule has 36 heavy (non-hydrogen) atoms. The summed E-state index contributed by atoms with van der Waals surface area (Å²) in [6, 6.07) is -1.44. The molecule has 0 radical (unpaired) electrons. The highest BCUT2D eigenvalue weighted by atomic mass is 16.6. The molecule has 6 atom stereocenters. The Balaban J connectivity index is 1.39. The number of aromatic nitrogens is 4. The van der Waals surface area contributed by atoms with Gasteiger partial charge < -0.3 is 45.3 Å². The Labute approximate surface area is 207 Å². The van der Waals surface area contributed by atoms with Gasteiger partial charge in [0.1, 0.15) is 35.8 Å². The lowest BCUT2D eigenvalue weighted by Crippen LogP contribution is -2.66. The van der Waals surface area contributed by atoms with Gasteiger partial charge in [0.25, 0.3) is 0 Å². The molecule has 0 spiro atoms. The number of anilines is 1. The number of amides is 2. The first kappa shape index (κ1) is 26.0. The predicted octanol–water partition coefficient (Wildman–Crippen LogP) is -0.522. The van der Waals surface area contributed by atoms with Crippen LogP contribution >= 0.6 is 0 Å². The lowest BCUT2D eigenvalue weighted by atomic mass is 9.95. The second kappa shape index (κ2) is 10.5. The molecule has 0 unspecified atom stereocenters. The maximum atomic E-state index is 12.9. The number of nitrogens with one attached hydrogen (secondary N) is 3. The lowest BCUT2D eigenvalue weighted by molar-refractivity contribution is -0.185. The summed E-state index contributed by atoms with van der Waals surface area (Å²) in [6.07, 6.45) is -1.47. The van der Waals surface area contributed by atoms with Gasteiger partial charge in [-0.05, 0) is 33.6 Å². The minimum atomic E-state index is -1.46. The normalized spacial score (nSPS) is 28.8. The van der Waals surface area contributed by atoms with Crippen molar-refractivity contribution in [3.63, 3.8) is 0 Å². The van der Waals surface area contributed by atoms with Crippen LogP contribution in [0.1, 0.15) is 40.0 Å². The van der Waals surface area contributed by atoms with Gasteiger partial charge in [-0.2, -0.15) is 0 Å². The van der Waals surface area contributed by atoms with Crippen molar-refractivity contribution in [2.45, 2.75) is 82.3 Å². The molecule has 2 aliphatic rings. The van der Waals surface area contributed by atoms with E-state index in [2.05, 4.69) is 30.6 Å². The van der Waals surface area contributed by atoms with Gasteiger partial charge in [0, 0.05) is 19.0 Å². The van der Waals surface area contributed by atoms with E-state index in [9.17, 15) is 24.9 Å². The van der Waals surface area contributed by atoms with Gasteiger partial charge in [0.2, 0.25) is 5.91 Å². The number of aliphatic hydroxyl groups is 3. The summed E-state index contributed by atoms with van der Waals surface area (Å²) in [4.78, 5) is 42.0. The Morgan fingerprint density at radius 2 is 2.03 bits per heavy atom. The van der Waals surface area contributed by atoms with E-state index in [1.165, 1.54) is 17.6 Å².